The van der Waals surface area contributed by atoms with E-state index in [-0.39, 0.29) is 10.0 Å². The van der Waals surface area contributed by atoms with Gasteiger partial charge in [-0.3, -0.25) is 4.72 Å². The first-order valence-electron chi connectivity index (χ1n) is 4.86. The Bertz CT molecular complexity index is 621. The van der Waals surface area contributed by atoms with E-state index in [4.69, 9.17) is 0 Å². The van der Waals surface area contributed by atoms with Gasteiger partial charge >= 0.3 is 0 Å². The molecule has 90 valence electrons. The van der Waals surface area contributed by atoms with Gasteiger partial charge in [-0.1, -0.05) is 17.7 Å². The summed E-state index contributed by atoms with van der Waals surface area (Å²) < 4.78 is 30.3. The number of aryl methyl sites for hydroxylation is 2. The minimum absolute atomic E-state index is 0.262. The fourth-order valence-electron chi connectivity index (χ4n) is 1.49. The summed E-state index contributed by atoms with van der Waals surface area (Å²) in [5, 5.41) is 0.268. The molecular formula is C10H11N3O2S2. The molecule has 1 aromatic carbocycles. The van der Waals surface area contributed by atoms with Crippen molar-refractivity contribution in [2.75, 3.05) is 4.72 Å². The number of hydrogen-bond donors (Lipinski definition) is 1. The van der Waals surface area contributed by atoms with E-state index in [9.17, 15) is 8.42 Å². The number of anilines is 1. The van der Waals surface area contributed by atoms with Gasteiger partial charge in [-0.05, 0) is 25.5 Å². The van der Waals surface area contributed by atoms with E-state index < -0.39 is 10.0 Å². The van der Waals surface area contributed by atoms with E-state index in [1.54, 1.807) is 19.1 Å². The molecule has 1 N–H and O–H groups in total. The van der Waals surface area contributed by atoms with Gasteiger partial charge in [0, 0.05) is 11.5 Å². The number of benzene rings is 1. The second-order valence-corrected chi connectivity index (χ2v) is 6.05. The third kappa shape index (κ3) is 2.62. The van der Waals surface area contributed by atoms with Gasteiger partial charge < -0.3 is 0 Å². The maximum Gasteiger partial charge on any atom is 0.263 e. The largest absolute Gasteiger partial charge is 0.263 e. The Morgan fingerprint density at radius 1 is 1.29 bits per heavy atom. The van der Waals surface area contributed by atoms with Gasteiger partial charge in [0.1, 0.15) is 6.33 Å². The van der Waals surface area contributed by atoms with Crippen molar-refractivity contribution in [2.24, 2.45) is 0 Å². The number of rotatable bonds is 3. The summed E-state index contributed by atoms with van der Waals surface area (Å²) in [4.78, 5) is 4.05. The van der Waals surface area contributed by atoms with Crippen molar-refractivity contribution in [3.8, 4) is 0 Å². The summed E-state index contributed by atoms with van der Waals surface area (Å²) in [6.45, 7) is 3.68. The smallest absolute Gasteiger partial charge is 0.253 e. The molecule has 0 aliphatic heterocycles. The lowest BCUT2D eigenvalue weighted by molar-refractivity contribution is 0.600. The Morgan fingerprint density at radius 2 is 2.06 bits per heavy atom. The molecule has 0 spiro atoms. The lowest BCUT2D eigenvalue weighted by Gasteiger charge is -2.08. The number of sulfonamides is 1. The van der Waals surface area contributed by atoms with Crippen molar-refractivity contribution in [2.45, 2.75) is 18.7 Å². The molecule has 0 radical (unpaired) electrons. The number of nitrogens with one attached hydrogen (secondary N) is 1. The van der Waals surface area contributed by atoms with Crippen LogP contribution in [0.2, 0.25) is 0 Å². The molecule has 2 rings (SSSR count). The number of nitrogens with zero attached hydrogens (tertiary/aromatic N) is 2. The standard InChI is InChI=1S/C10H11N3O2S2/c1-7-3-4-9(8(2)5-7)17(14,15)13-10-11-6-12-16-10/h3-6H,1-2H3,(H,11,12,13). The summed E-state index contributed by atoms with van der Waals surface area (Å²) in [6.07, 6.45) is 1.31. The molecule has 0 saturated carbocycles. The van der Waals surface area contributed by atoms with Crippen LogP contribution in [0.4, 0.5) is 5.13 Å². The third-order valence-electron chi connectivity index (χ3n) is 2.20. The Labute approximate surface area is 104 Å². The highest BCUT2D eigenvalue weighted by molar-refractivity contribution is 7.93. The van der Waals surface area contributed by atoms with E-state index >= 15 is 0 Å². The topological polar surface area (TPSA) is 72.0 Å². The Balaban J connectivity index is 2.38. The average Bonchev–Trinajstić information content (AvgIpc) is 2.68. The predicted octanol–water partition coefficient (Wildman–Crippen LogP) is 1.96. The van der Waals surface area contributed by atoms with Gasteiger partial charge in [-0.2, -0.15) is 4.37 Å². The van der Waals surface area contributed by atoms with Crippen LogP contribution in [0, 0.1) is 13.8 Å². The molecule has 5 nitrogen and oxygen atoms in total. The van der Waals surface area contributed by atoms with E-state index in [0.29, 0.717) is 5.56 Å². The molecule has 17 heavy (non-hydrogen) atoms. The zero-order chi connectivity index (χ0) is 12.5. The first-order chi connectivity index (χ1) is 7.99. The summed E-state index contributed by atoms with van der Waals surface area (Å²) in [5.41, 5.74) is 1.74. The molecule has 1 aromatic heterocycles. The van der Waals surface area contributed by atoms with Gasteiger partial charge in [-0.25, -0.2) is 13.4 Å². The molecule has 0 bridgehead atoms. The first kappa shape index (κ1) is 12.0. The third-order valence-corrected chi connectivity index (χ3v) is 4.41. The highest BCUT2D eigenvalue weighted by Crippen LogP contribution is 2.20. The second-order valence-electron chi connectivity index (χ2n) is 3.62. The van der Waals surface area contributed by atoms with Crippen LogP contribution in [0.5, 0.6) is 0 Å². The molecule has 0 saturated heterocycles. The van der Waals surface area contributed by atoms with E-state index in [1.165, 1.54) is 6.33 Å². The average molecular weight is 269 g/mol. The normalized spacial score (nSPS) is 11.4. The molecule has 1 heterocycles. The quantitative estimate of drug-likeness (QED) is 0.924. The van der Waals surface area contributed by atoms with Crippen molar-refractivity contribution in [1.29, 1.82) is 0 Å². The van der Waals surface area contributed by atoms with Crippen molar-refractivity contribution < 1.29 is 8.42 Å². The van der Waals surface area contributed by atoms with Crippen LogP contribution < -0.4 is 4.72 Å². The highest BCUT2D eigenvalue weighted by Gasteiger charge is 2.17. The van der Waals surface area contributed by atoms with Crippen molar-refractivity contribution in [1.82, 2.24) is 9.36 Å². The second kappa shape index (κ2) is 4.42. The van der Waals surface area contributed by atoms with Gasteiger partial charge in [0.25, 0.3) is 10.0 Å². The Kier molecular flexibility index (Phi) is 3.12. The Morgan fingerprint density at radius 3 is 2.65 bits per heavy atom. The monoisotopic (exact) mass is 269 g/mol. The van der Waals surface area contributed by atoms with Crippen LogP contribution in [0.1, 0.15) is 11.1 Å². The van der Waals surface area contributed by atoms with Crippen LogP contribution in [0.25, 0.3) is 0 Å². The summed E-state index contributed by atoms with van der Waals surface area (Å²) >= 11 is 1.00. The van der Waals surface area contributed by atoms with Crippen LogP contribution in [0.3, 0.4) is 0 Å². The fourth-order valence-corrected chi connectivity index (χ4v) is 3.38. The molecule has 0 aliphatic rings. The van der Waals surface area contributed by atoms with Gasteiger partial charge in [0.15, 0.2) is 0 Å². The maximum atomic E-state index is 12.1. The first-order valence-corrected chi connectivity index (χ1v) is 7.11. The van der Waals surface area contributed by atoms with E-state index in [2.05, 4.69) is 14.1 Å². The minimum atomic E-state index is -3.57. The lowest BCUT2D eigenvalue weighted by atomic mass is 10.2. The molecule has 0 amide bonds. The number of hydrogen-bond acceptors (Lipinski definition) is 5. The molecule has 0 unspecified atom stereocenters. The zero-order valence-corrected chi connectivity index (χ0v) is 11.0. The SMILES string of the molecule is Cc1ccc(S(=O)(=O)Nc2ncns2)c(C)c1. The van der Waals surface area contributed by atoms with Gasteiger partial charge in [0.2, 0.25) is 5.13 Å². The summed E-state index contributed by atoms with van der Waals surface area (Å²) in [6, 6.07) is 5.18. The van der Waals surface area contributed by atoms with Crippen molar-refractivity contribution >= 4 is 26.7 Å². The molecule has 0 aliphatic carbocycles. The zero-order valence-electron chi connectivity index (χ0n) is 9.34. The molecule has 2 aromatic rings. The highest BCUT2D eigenvalue weighted by atomic mass is 32.2. The van der Waals surface area contributed by atoms with Gasteiger partial charge in [0.05, 0.1) is 4.90 Å². The number of aromatic nitrogens is 2. The summed E-state index contributed by atoms with van der Waals surface area (Å²) in [5.74, 6) is 0. The fraction of sp³-hybridized carbons (Fsp3) is 0.200. The van der Waals surface area contributed by atoms with Crippen LogP contribution in [0.15, 0.2) is 29.4 Å². The van der Waals surface area contributed by atoms with Crippen LogP contribution in [-0.2, 0) is 10.0 Å². The molecular weight excluding hydrogens is 258 g/mol. The minimum Gasteiger partial charge on any atom is -0.253 e. The summed E-state index contributed by atoms with van der Waals surface area (Å²) in [7, 11) is -3.57. The molecule has 0 atom stereocenters. The van der Waals surface area contributed by atoms with Gasteiger partial charge in [-0.15, -0.1) is 0 Å². The van der Waals surface area contributed by atoms with Crippen molar-refractivity contribution in [3.63, 3.8) is 0 Å². The molecule has 0 fully saturated rings. The predicted molar refractivity (Wildman–Crippen MR) is 66.6 cm³/mol. The lowest BCUT2D eigenvalue weighted by Crippen LogP contribution is -2.14. The van der Waals surface area contributed by atoms with E-state index in [1.807, 2.05) is 13.0 Å². The van der Waals surface area contributed by atoms with Crippen LogP contribution >= 0.6 is 11.5 Å². The maximum absolute atomic E-state index is 12.1. The molecule has 7 heteroatoms. The van der Waals surface area contributed by atoms with E-state index in [0.717, 1.165) is 17.1 Å². The van der Waals surface area contributed by atoms with Crippen LogP contribution in [-0.4, -0.2) is 17.8 Å². The van der Waals surface area contributed by atoms with Crippen molar-refractivity contribution in [3.05, 3.63) is 35.7 Å². The Hall–Kier alpha value is -1.47.